The molecule has 86 valence electrons. The number of fused-ring (bicyclic) bond motifs is 1. The van der Waals surface area contributed by atoms with Gasteiger partial charge in [-0.15, -0.1) is 0 Å². The first-order valence-electron chi connectivity index (χ1n) is 5.40. The monoisotopic (exact) mass is 298 g/mol. The van der Waals surface area contributed by atoms with Gasteiger partial charge in [0.2, 0.25) is 0 Å². The molecule has 0 fully saturated rings. The standard InChI is InChI=1S/C12H15BrN2S/c1-9(2)15(8-7-13)12-14-10-5-3-4-6-11(10)16-12/h3-6,9H,7-8H2,1-2H3. The van der Waals surface area contributed by atoms with Crippen molar-refractivity contribution in [3.05, 3.63) is 24.3 Å². The van der Waals surface area contributed by atoms with Crippen LogP contribution >= 0.6 is 27.3 Å². The van der Waals surface area contributed by atoms with Gasteiger partial charge in [-0.1, -0.05) is 39.4 Å². The minimum Gasteiger partial charge on any atom is -0.345 e. The number of alkyl halides is 1. The van der Waals surface area contributed by atoms with E-state index in [2.05, 4.69) is 57.9 Å². The number of nitrogens with zero attached hydrogens (tertiary/aromatic N) is 2. The third kappa shape index (κ3) is 2.38. The van der Waals surface area contributed by atoms with Crippen LogP contribution < -0.4 is 4.90 Å². The second-order valence-electron chi connectivity index (χ2n) is 3.94. The molecule has 2 aromatic rings. The highest BCUT2D eigenvalue weighted by molar-refractivity contribution is 9.09. The molecular weight excluding hydrogens is 284 g/mol. The molecule has 2 rings (SSSR count). The quantitative estimate of drug-likeness (QED) is 0.796. The first kappa shape index (κ1) is 11.9. The molecule has 4 heteroatoms. The molecule has 0 atom stereocenters. The highest BCUT2D eigenvalue weighted by atomic mass is 79.9. The van der Waals surface area contributed by atoms with E-state index >= 15 is 0 Å². The number of benzene rings is 1. The summed E-state index contributed by atoms with van der Waals surface area (Å²) in [7, 11) is 0. The Hall–Kier alpha value is -0.610. The summed E-state index contributed by atoms with van der Waals surface area (Å²) in [5.41, 5.74) is 1.10. The van der Waals surface area contributed by atoms with E-state index in [1.165, 1.54) is 4.70 Å². The fourth-order valence-corrected chi connectivity index (χ4v) is 3.16. The summed E-state index contributed by atoms with van der Waals surface area (Å²) >= 11 is 5.26. The Kier molecular flexibility index (Phi) is 3.82. The summed E-state index contributed by atoms with van der Waals surface area (Å²) in [4.78, 5) is 7.01. The smallest absolute Gasteiger partial charge is 0.186 e. The van der Waals surface area contributed by atoms with E-state index in [0.29, 0.717) is 6.04 Å². The van der Waals surface area contributed by atoms with E-state index < -0.39 is 0 Å². The molecule has 1 aromatic heterocycles. The summed E-state index contributed by atoms with van der Waals surface area (Å²) in [5.74, 6) is 0. The van der Waals surface area contributed by atoms with Gasteiger partial charge in [0.05, 0.1) is 10.2 Å². The second kappa shape index (κ2) is 5.15. The van der Waals surface area contributed by atoms with E-state index in [1.54, 1.807) is 11.3 Å². The van der Waals surface area contributed by atoms with Crippen molar-refractivity contribution in [1.29, 1.82) is 0 Å². The van der Waals surface area contributed by atoms with Crippen LogP contribution in [-0.4, -0.2) is 22.9 Å². The SMILES string of the molecule is CC(C)N(CCBr)c1nc2ccccc2s1. The molecule has 0 radical (unpaired) electrons. The maximum atomic E-state index is 4.68. The van der Waals surface area contributed by atoms with E-state index in [4.69, 9.17) is 0 Å². The molecule has 0 amide bonds. The van der Waals surface area contributed by atoms with Crippen molar-refractivity contribution in [1.82, 2.24) is 4.98 Å². The van der Waals surface area contributed by atoms with Gasteiger partial charge in [-0.3, -0.25) is 0 Å². The van der Waals surface area contributed by atoms with Gasteiger partial charge in [-0.25, -0.2) is 4.98 Å². The Bertz CT molecular complexity index is 434. The van der Waals surface area contributed by atoms with Gasteiger partial charge in [0, 0.05) is 17.9 Å². The zero-order valence-corrected chi connectivity index (χ0v) is 11.9. The lowest BCUT2D eigenvalue weighted by atomic mass is 10.3. The van der Waals surface area contributed by atoms with Gasteiger partial charge < -0.3 is 4.90 Å². The third-order valence-corrected chi connectivity index (χ3v) is 3.91. The lowest BCUT2D eigenvalue weighted by Gasteiger charge is -2.24. The van der Waals surface area contributed by atoms with Gasteiger partial charge in [-0.05, 0) is 26.0 Å². The molecule has 0 saturated carbocycles. The Morgan fingerprint density at radius 3 is 2.75 bits per heavy atom. The van der Waals surface area contributed by atoms with Crippen LogP contribution in [-0.2, 0) is 0 Å². The summed E-state index contributed by atoms with van der Waals surface area (Å²) in [6, 6.07) is 8.79. The molecule has 2 nitrogen and oxygen atoms in total. The molecule has 0 N–H and O–H groups in total. The number of anilines is 1. The van der Waals surface area contributed by atoms with Crippen molar-refractivity contribution in [3.8, 4) is 0 Å². The molecule has 0 aliphatic rings. The average Bonchev–Trinajstić information content (AvgIpc) is 2.68. The van der Waals surface area contributed by atoms with E-state index in [-0.39, 0.29) is 0 Å². The fraction of sp³-hybridized carbons (Fsp3) is 0.417. The van der Waals surface area contributed by atoms with Crippen LogP contribution in [0.3, 0.4) is 0 Å². The Labute approximate surface area is 108 Å². The van der Waals surface area contributed by atoms with E-state index in [9.17, 15) is 0 Å². The van der Waals surface area contributed by atoms with Gasteiger partial charge in [-0.2, -0.15) is 0 Å². The maximum Gasteiger partial charge on any atom is 0.186 e. The molecule has 0 saturated heterocycles. The number of hydrogen-bond acceptors (Lipinski definition) is 3. The Morgan fingerprint density at radius 1 is 1.38 bits per heavy atom. The van der Waals surface area contributed by atoms with E-state index in [1.807, 2.05) is 6.07 Å². The number of aromatic nitrogens is 1. The number of hydrogen-bond donors (Lipinski definition) is 0. The van der Waals surface area contributed by atoms with Crippen molar-refractivity contribution in [2.75, 3.05) is 16.8 Å². The minimum absolute atomic E-state index is 0.484. The second-order valence-corrected chi connectivity index (χ2v) is 5.74. The van der Waals surface area contributed by atoms with Gasteiger partial charge >= 0.3 is 0 Å². The van der Waals surface area contributed by atoms with Gasteiger partial charge in [0.15, 0.2) is 5.13 Å². The lowest BCUT2D eigenvalue weighted by molar-refractivity contribution is 0.706. The zero-order valence-electron chi connectivity index (χ0n) is 9.48. The molecule has 0 unspecified atom stereocenters. The van der Waals surface area contributed by atoms with Crippen molar-refractivity contribution in [3.63, 3.8) is 0 Å². The van der Waals surface area contributed by atoms with Gasteiger partial charge in [0.25, 0.3) is 0 Å². The topological polar surface area (TPSA) is 16.1 Å². The predicted molar refractivity (Wildman–Crippen MR) is 75.9 cm³/mol. The minimum atomic E-state index is 0.484. The molecule has 0 aliphatic carbocycles. The average molecular weight is 299 g/mol. The van der Waals surface area contributed by atoms with Crippen molar-refractivity contribution in [2.24, 2.45) is 0 Å². The van der Waals surface area contributed by atoms with Crippen LogP contribution in [0.15, 0.2) is 24.3 Å². The van der Waals surface area contributed by atoms with Crippen molar-refractivity contribution >= 4 is 42.6 Å². The third-order valence-electron chi connectivity index (χ3n) is 2.48. The largest absolute Gasteiger partial charge is 0.345 e. The molecular formula is C12H15BrN2S. The highest BCUT2D eigenvalue weighted by Gasteiger charge is 2.14. The Balaban J connectivity index is 2.37. The van der Waals surface area contributed by atoms with Crippen LogP contribution in [0.5, 0.6) is 0 Å². The first-order valence-corrected chi connectivity index (χ1v) is 7.34. The van der Waals surface area contributed by atoms with Crippen molar-refractivity contribution < 1.29 is 0 Å². The van der Waals surface area contributed by atoms with Crippen LogP contribution in [0.4, 0.5) is 5.13 Å². The summed E-state index contributed by atoms with van der Waals surface area (Å²) in [5, 5.41) is 2.09. The Morgan fingerprint density at radius 2 is 2.12 bits per heavy atom. The number of halogens is 1. The van der Waals surface area contributed by atoms with Gasteiger partial charge in [0.1, 0.15) is 0 Å². The van der Waals surface area contributed by atoms with Crippen molar-refractivity contribution in [2.45, 2.75) is 19.9 Å². The molecule has 0 aliphatic heterocycles. The molecule has 1 aromatic carbocycles. The molecule has 16 heavy (non-hydrogen) atoms. The van der Waals surface area contributed by atoms with E-state index in [0.717, 1.165) is 22.5 Å². The maximum absolute atomic E-state index is 4.68. The lowest BCUT2D eigenvalue weighted by Crippen LogP contribution is -2.32. The summed E-state index contributed by atoms with van der Waals surface area (Å²) in [6.45, 7) is 5.40. The van der Waals surface area contributed by atoms with Crippen LogP contribution in [0.2, 0.25) is 0 Å². The van der Waals surface area contributed by atoms with Crippen LogP contribution in [0.1, 0.15) is 13.8 Å². The summed E-state index contributed by atoms with van der Waals surface area (Å²) < 4.78 is 1.26. The number of para-hydroxylation sites is 1. The predicted octanol–water partition coefficient (Wildman–Crippen LogP) is 3.91. The van der Waals surface area contributed by atoms with Crippen LogP contribution in [0.25, 0.3) is 10.2 Å². The van der Waals surface area contributed by atoms with Crippen LogP contribution in [0, 0.1) is 0 Å². The fourth-order valence-electron chi connectivity index (χ4n) is 1.65. The number of thiazole rings is 1. The zero-order chi connectivity index (χ0) is 11.5. The first-order chi connectivity index (χ1) is 7.72. The molecule has 0 bridgehead atoms. The summed E-state index contributed by atoms with van der Waals surface area (Å²) in [6.07, 6.45) is 0. The molecule has 1 heterocycles. The normalized spacial score (nSPS) is 11.2. The number of rotatable bonds is 4. The highest BCUT2D eigenvalue weighted by Crippen LogP contribution is 2.29. The molecule has 0 spiro atoms.